The van der Waals surface area contributed by atoms with E-state index in [1.807, 2.05) is 4.90 Å². The second-order valence-electron chi connectivity index (χ2n) is 8.23. The number of aromatic nitrogens is 1. The van der Waals surface area contributed by atoms with Crippen molar-refractivity contribution in [2.45, 2.75) is 45.6 Å². The van der Waals surface area contributed by atoms with Crippen molar-refractivity contribution in [3.8, 4) is 0 Å². The number of nitrogens with zero attached hydrogens (tertiary/aromatic N) is 3. The van der Waals surface area contributed by atoms with Crippen molar-refractivity contribution in [1.29, 1.82) is 0 Å². The Labute approximate surface area is 165 Å². The van der Waals surface area contributed by atoms with Gasteiger partial charge in [0.1, 0.15) is 5.01 Å². The first kappa shape index (κ1) is 20.1. The van der Waals surface area contributed by atoms with Gasteiger partial charge in [-0.2, -0.15) is 0 Å². The molecule has 0 saturated carbocycles. The number of carbonyl (C=O) groups is 2. The second-order valence-corrected chi connectivity index (χ2v) is 9.18. The molecule has 2 aliphatic rings. The van der Waals surface area contributed by atoms with E-state index in [9.17, 15) is 9.59 Å². The van der Waals surface area contributed by atoms with Gasteiger partial charge in [-0.1, -0.05) is 20.8 Å². The highest BCUT2D eigenvalue weighted by atomic mass is 32.1. The fraction of sp³-hybridized carbons (Fsp3) is 0.737. The van der Waals surface area contributed by atoms with Crippen molar-refractivity contribution in [2.75, 3.05) is 39.4 Å². The van der Waals surface area contributed by atoms with Crippen LogP contribution in [0.5, 0.6) is 0 Å². The molecule has 2 fully saturated rings. The first-order valence-corrected chi connectivity index (χ1v) is 10.6. The Bertz CT molecular complexity index is 656. The molecule has 0 bridgehead atoms. The number of likely N-dealkylation sites (tertiary alicyclic amines) is 1. The highest BCUT2D eigenvalue weighted by molar-refractivity contribution is 7.09. The average Bonchev–Trinajstić information content (AvgIpc) is 3.16. The number of piperidine rings is 1. The van der Waals surface area contributed by atoms with Gasteiger partial charge in [-0.15, -0.1) is 11.3 Å². The van der Waals surface area contributed by atoms with Crippen LogP contribution in [0.25, 0.3) is 0 Å². The largest absolute Gasteiger partial charge is 0.378 e. The molecule has 3 heterocycles. The van der Waals surface area contributed by atoms with Gasteiger partial charge in [-0.05, 0) is 12.8 Å². The molecular formula is C19H30N4O3S. The zero-order valence-electron chi connectivity index (χ0n) is 16.5. The highest BCUT2D eigenvalue weighted by Crippen LogP contribution is 2.24. The number of urea groups is 1. The molecule has 3 rings (SSSR count). The second kappa shape index (κ2) is 8.56. The van der Waals surface area contributed by atoms with Crippen molar-refractivity contribution in [1.82, 2.24) is 20.1 Å². The van der Waals surface area contributed by atoms with Crippen molar-refractivity contribution in [3.05, 3.63) is 16.1 Å². The van der Waals surface area contributed by atoms with Crippen LogP contribution >= 0.6 is 11.3 Å². The number of thiazole rings is 1. The van der Waals surface area contributed by atoms with Gasteiger partial charge in [0.15, 0.2) is 0 Å². The molecule has 1 N–H and O–H groups in total. The smallest absolute Gasteiger partial charge is 0.317 e. The van der Waals surface area contributed by atoms with Crippen LogP contribution < -0.4 is 5.32 Å². The number of carbonyl (C=O) groups excluding carboxylic acids is 2. The molecule has 1 aromatic heterocycles. The Morgan fingerprint density at radius 3 is 2.44 bits per heavy atom. The summed E-state index contributed by atoms with van der Waals surface area (Å²) < 4.78 is 5.31. The summed E-state index contributed by atoms with van der Waals surface area (Å²) in [6.45, 7) is 10.7. The Kier molecular flexibility index (Phi) is 6.37. The molecule has 2 aliphatic heterocycles. The molecular weight excluding hydrogens is 364 g/mol. The maximum Gasteiger partial charge on any atom is 0.317 e. The van der Waals surface area contributed by atoms with Crippen LogP contribution in [0.1, 0.15) is 44.3 Å². The number of nitrogens with one attached hydrogen (secondary N) is 1. The van der Waals surface area contributed by atoms with E-state index in [1.165, 1.54) is 0 Å². The highest BCUT2D eigenvalue weighted by Gasteiger charge is 2.30. The van der Waals surface area contributed by atoms with E-state index in [2.05, 4.69) is 36.5 Å². The zero-order valence-corrected chi connectivity index (χ0v) is 17.3. The Morgan fingerprint density at radius 2 is 1.85 bits per heavy atom. The van der Waals surface area contributed by atoms with E-state index in [1.54, 1.807) is 16.2 Å². The number of amides is 3. The van der Waals surface area contributed by atoms with Crippen molar-refractivity contribution in [2.24, 2.45) is 5.92 Å². The Morgan fingerprint density at radius 1 is 1.19 bits per heavy atom. The molecule has 1 aromatic rings. The minimum Gasteiger partial charge on any atom is -0.378 e. The maximum atomic E-state index is 12.6. The summed E-state index contributed by atoms with van der Waals surface area (Å²) in [5.41, 5.74) is 1.08. The van der Waals surface area contributed by atoms with E-state index in [0.717, 1.165) is 23.5 Å². The number of hydrogen-bond donors (Lipinski definition) is 1. The molecule has 0 aromatic carbocycles. The topological polar surface area (TPSA) is 74.8 Å². The fourth-order valence-electron chi connectivity index (χ4n) is 3.37. The summed E-state index contributed by atoms with van der Waals surface area (Å²) in [4.78, 5) is 33.3. The van der Waals surface area contributed by atoms with Crippen LogP contribution in [0, 0.1) is 5.92 Å². The van der Waals surface area contributed by atoms with E-state index in [4.69, 9.17) is 4.74 Å². The lowest BCUT2D eigenvalue weighted by Crippen LogP contribution is -2.49. The quantitative estimate of drug-likeness (QED) is 0.853. The first-order valence-electron chi connectivity index (χ1n) is 9.69. The summed E-state index contributed by atoms with van der Waals surface area (Å²) in [5, 5.41) is 5.95. The standard InChI is InChI=1S/C19H30N4O3S/c1-19(2,3)15-13-27-16(21-15)12-20-18(25)23-6-4-14(5-7-23)17(24)22-8-10-26-11-9-22/h13-14H,4-12H2,1-3H3,(H,20,25). The van der Waals surface area contributed by atoms with Crippen molar-refractivity contribution >= 4 is 23.3 Å². The number of rotatable bonds is 3. The molecule has 0 atom stereocenters. The molecule has 150 valence electrons. The van der Waals surface area contributed by atoms with E-state index in [-0.39, 0.29) is 23.3 Å². The lowest BCUT2D eigenvalue weighted by Gasteiger charge is -2.35. The average molecular weight is 395 g/mol. The minimum absolute atomic E-state index is 0.0215. The SMILES string of the molecule is CC(C)(C)c1csc(CNC(=O)N2CCC(C(=O)N3CCOCC3)CC2)n1. The van der Waals surface area contributed by atoms with E-state index >= 15 is 0 Å². The van der Waals surface area contributed by atoms with Gasteiger partial charge in [0.25, 0.3) is 0 Å². The minimum atomic E-state index is -0.0696. The first-order chi connectivity index (χ1) is 12.8. The van der Waals surface area contributed by atoms with Gasteiger partial charge in [-0.25, -0.2) is 9.78 Å². The number of morpholine rings is 1. The third-order valence-corrected chi connectivity index (χ3v) is 6.01. The van der Waals surface area contributed by atoms with Crippen LogP contribution in [0.3, 0.4) is 0 Å². The predicted molar refractivity (Wildman–Crippen MR) is 105 cm³/mol. The maximum absolute atomic E-state index is 12.6. The number of hydrogen-bond acceptors (Lipinski definition) is 5. The number of ether oxygens (including phenoxy) is 1. The molecule has 0 spiro atoms. The van der Waals surface area contributed by atoms with Gasteiger partial charge < -0.3 is 19.9 Å². The lowest BCUT2D eigenvalue weighted by atomic mass is 9.93. The molecule has 8 heteroatoms. The van der Waals surface area contributed by atoms with Crippen molar-refractivity contribution < 1.29 is 14.3 Å². The van der Waals surface area contributed by atoms with Gasteiger partial charge in [0, 0.05) is 42.9 Å². The van der Waals surface area contributed by atoms with Crippen LogP contribution in [0.4, 0.5) is 4.79 Å². The molecule has 0 unspecified atom stereocenters. The fourth-order valence-corrected chi connectivity index (χ4v) is 4.33. The summed E-state index contributed by atoms with van der Waals surface area (Å²) >= 11 is 1.58. The molecule has 2 saturated heterocycles. The van der Waals surface area contributed by atoms with Crippen LogP contribution in [0.15, 0.2) is 5.38 Å². The molecule has 0 radical (unpaired) electrons. The zero-order chi connectivity index (χ0) is 19.4. The normalized spacial score (nSPS) is 19.2. The third kappa shape index (κ3) is 5.19. The molecule has 7 nitrogen and oxygen atoms in total. The molecule has 0 aliphatic carbocycles. The van der Waals surface area contributed by atoms with Gasteiger partial charge >= 0.3 is 6.03 Å². The molecule has 27 heavy (non-hydrogen) atoms. The summed E-state index contributed by atoms with van der Waals surface area (Å²) in [5.74, 6) is 0.247. The Hall–Kier alpha value is -1.67. The lowest BCUT2D eigenvalue weighted by molar-refractivity contribution is -0.141. The van der Waals surface area contributed by atoms with E-state index < -0.39 is 0 Å². The van der Waals surface area contributed by atoms with Gasteiger partial charge in [0.2, 0.25) is 5.91 Å². The Balaban J connectivity index is 1.43. The van der Waals surface area contributed by atoms with Crippen LogP contribution in [-0.2, 0) is 21.5 Å². The van der Waals surface area contributed by atoms with Crippen LogP contribution in [0.2, 0.25) is 0 Å². The third-order valence-electron chi connectivity index (χ3n) is 5.17. The summed E-state index contributed by atoms with van der Waals surface area (Å²) in [6, 6.07) is -0.0696. The predicted octanol–water partition coefficient (Wildman–Crippen LogP) is 2.22. The summed E-state index contributed by atoms with van der Waals surface area (Å²) in [7, 11) is 0. The monoisotopic (exact) mass is 394 g/mol. The van der Waals surface area contributed by atoms with Crippen LogP contribution in [-0.4, -0.2) is 66.1 Å². The van der Waals surface area contributed by atoms with Gasteiger partial charge in [-0.3, -0.25) is 4.79 Å². The van der Waals surface area contributed by atoms with Gasteiger partial charge in [0.05, 0.1) is 25.5 Å². The molecule has 3 amide bonds. The van der Waals surface area contributed by atoms with Crippen molar-refractivity contribution in [3.63, 3.8) is 0 Å². The summed E-state index contributed by atoms with van der Waals surface area (Å²) in [6.07, 6.45) is 1.46. The van der Waals surface area contributed by atoms with E-state index in [0.29, 0.717) is 45.9 Å².